The zero-order valence-corrected chi connectivity index (χ0v) is 15.5. The molecule has 0 bridgehead atoms. The zero-order chi connectivity index (χ0) is 18.9. The number of carbonyl (C=O) groups excluding carboxylic acids is 1. The molecule has 1 heterocycles. The molecule has 138 valence electrons. The van der Waals surface area contributed by atoms with Crippen molar-refractivity contribution in [2.45, 2.75) is 11.6 Å². The molecule has 1 N–H and O–H groups in total. The Morgan fingerprint density at radius 1 is 1.12 bits per heavy atom. The Labute approximate surface area is 162 Å². The molecule has 26 heavy (non-hydrogen) atoms. The Kier molecular flexibility index (Phi) is 5.60. The monoisotopic (exact) mass is 420 g/mol. The Morgan fingerprint density at radius 2 is 1.73 bits per heavy atom. The number of amides is 2. The molecular formula is C17H13Cl2F3N2OS. The van der Waals surface area contributed by atoms with Crippen molar-refractivity contribution in [3.8, 4) is 0 Å². The molecule has 0 aromatic heterocycles. The van der Waals surface area contributed by atoms with E-state index in [1.807, 2.05) is 0 Å². The van der Waals surface area contributed by atoms with Crippen molar-refractivity contribution in [3.05, 3.63) is 63.6 Å². The fraction of sp³-hybridized carbons (Fsp3) is 0.235. The van der Waals surface area contributed by atoms with Gasteiger partial charge in [-0.2, -0.15) is 13.2 Å². The van der Waals surface area contributed by atoms with Gasteiger partial charge in [-0.25, -0.2) is 4.79 Å². The predicted molar refractivity (Wildman–Crippen MR) is 98.8 cm³/mol. The minimum Gasteiger partial charge on any atom is -0.308 e. The second-order valence-electron chi connectivity index (χ2n) is 5.56. The van der Waals surface area contributed by atoms with Gasteiger partial charge in [-0.1, -0.05) is 41.4 Å². The molecule has 1 saturated heterocycles. The number of hydrogen-bond donors (Lipinski definition) is 1. The van der Waals surface area contributed by atoms with Crippen molar-refractivity contribution < 1.29 is 18.0 Å². The smallest absolute Gasteiger partial charge is 0.308 e. The fourth-order valence-electron chi connectivity index (χ4n) is 2.59. The summed E-state index contributed by atoms with van der Waals surface area (Å²) < 4.78 is 38.1. The van der Waals surface area contributed by atoms with Crippen LogP contribution in [0.2, 0.25) is 10.0 Å². The van der Waals surface area contributed by atoms with Crippen LogP contribution in [0, 0.1) is 0 Å². The Bertz CT molecular complexity index is 794. The van der Waals surface area contributed by atoms with Crippen LogP contribution in [0.5, 0.6) is 0 Å². The number of alkyl halides is 3. The summed E-state index contributed by atoms with van der Waals surface area (Å²) >= 11 is 13.6. The SMILES string of the molecule is O=C(Nc1c(Cl)cccc1Cl)N1CCSC1c1ccc(C(F)(F)F)cc1. The lowest BCUT2D eigenvalue weighted by molar-refractivity contribution is -0.137. The van der Waals surface area contributed by atoms with E-state index in [0.717, 1.165) is 12.1 Å². The number of hydrogen-bond acceptors (Lipinski definition) is 2. The highest BCUT2D eigenvalue weighted by Crippen LogP contribution is 2.40. The van der Waals surface area contributed by atoms with E-state index in [0.29, 0.717) is 33.6 Å². The molecule has 0 aliphatic carbocycles. The second kappa shape index (κ2) is 7.58. The van der Waals surface area contributed by atoms with Gasteiger partial charge < -0.3 is 10.2 Å². The highest BCUT2D eigenvalue weighted by atomic mass is 35.5. The average Bonchev–Trinajstić information content (AvgIpc) is 3.07. The van der Waals surface area contributed by atoms with Gasteiger partial charge in [0.1, 0.15) is 5.37 Å². The van der Waals surface area contributed by atoms with E-state index in [1.165, 1.54) is 23.9 Å². The van der Waals surface area contributed by atoms with Crippen molar-refractivity contribution in [2.75, 3.05) is 17.6 Å². The molecule has 1 atom stereocenters. The Morgan fingerprint density at radius 3 is 2.31 bits per heavy atom. The van der Waals surface area contributed by atoms with Gasteiger partial charge in [-0.05, 0) is 29.8 Å². The third-order valence-corrected chi connectivity index (χ3v) is 5.76. The molecule has 1 unspecified atom stereocenters. The number of anilines is 1. The fourth-order valence-corrected chi connectivity index (χ4v) is 4.33. The summed E-state index contributed by atoms with van der Waals surface area (Å²) in [6, 6.07) is 9.31. The first-order chi connectivity index (χ1) is 12.3. The lowest BCUT2D eigenvalue weighted by atomic mass is 10.1. The van der Waals surface area contributed by atoms with E-state index in [1.54, 1.807) is 23.1 Å². The maximum Gasteiger partial charge on any atom is 0.416 e. The van der Waals surface area contributed by atoms with E-state index >= 15 is 0 Å². The number of thioether (sulfide) groups is 1. The lowest BCUT2D eigenvalue weighted by Crippen LogP contribution is -2.34. The van der Waals surface area contributed by atoms with Crippen molar-refractivity contribution in [1.29, 1.82) is 0 Å². The van der Waals surface area contributed by atoms with Crippen LogP contribution in [0.15, 0.2) is 42.5 Å². The van der Waals surface area contributed by atoms with Gasteiger partial charge in [0.15, 0.2) is 0 Å². The maximum absolute atomic E-state index is 12.7. The van der Waals surface area contributed by atoms with Crippen LogP contribution < -0.4 is 5.32 Å². The number of para-hydroxylation sites is 1. The number of benzene rings is 2. The number of carbonyl (C=O) groups is 1. The number of halogens is 5. The van der Waals surface area contributed by atoms with Gasteiger partial charge in [0.2, 0.25) is 0 Å². The van der Waals surface area contributed by atoms with Crippen LogP contribution >= 0.6 is 35.0 Å². The molecule has 3 rings (SSSR count). The summed E-state index contributed by atoms with van der Waals surface area (Å²) in [5.74, 6) is 0.676. The molecule has 2 aromatic carbocycles. The maximum atomic E-state index is 12.7. The molecule has 9 heteroatoms. The summed E-state index contributed by atoms with van der Waals surface area (Å²) in [5, 5.41) is 2.93. The number of nitrogens with zero attached hydrogens (tertiary/aromatic N) is 1. The number of rotatable bonds is 2. The van der Waals surface area contributed by atoms with Crippen LogP contribution in [0.3, 0.4) is 0 Å². The van der Waals surface area contributed by atoms with Gasteiger partial charge in [-0.3, -0.25) is 0 Å². The molecule has 0 radical (unpaired) electrons. The third kappa shape index (κ3) is 4.05. The topological polar surface area (TPSA) is 32.3 Å². The lowest BCUT2D eigenvalue weighted by Gasteiger charge is -2.25. The summed E-state index contributed by atoms with van der Waals surface area (Å²) in [4.78, 5) is 14.2. The minimum atomic E-state index is -4.39. The third-order valence-electron chi connectivity index (χ3n) is 3.87. The summed E-state index contributed by atoms with van der Waals surface area (Å²) in [7, 11) is 0. The first-order valence-corrected chi connectivity index (χ1v) is 9.38. The second-order valence-corrected chi connectivity index (χ2v) is 7.57. The first kappa shape index (κ1) is 19.2. The van der Waals surface area contributed by atoms with Gasteiger partial charge >= 0.3 is 12.2 Å². The molecule has 1 aliphatic heterocycles. The van der Waals surface area contributed by atoms with Crippen molar-refractivity contribution in [1.82, 2.24) is 4.90 Å². The molecule has 0 saturated carbocycles. The van der Waals surface area contributed by atoms with Crippen LogP contribution in [-0.2, 0) is 6.18 Å². The van der Waals surface area contributed by atoms with Crippen LogP contribution in [0.1, 0.15) is 16.5 Å². The van der Waals surface area contributed by atoms with E-state index in [4.69, 9.17) is 23.2 Å². The quantitative estimate of drug-likeness (QED) is 0.618. The molecule has 3 nitrogen and oxygen atoms in total. The zero-order valence-electron chi connectivity index (χ0n) is 13.2. The summed E-state index contributed by atoms with van der Waals surface area (Å²) in [5.41, 5.74) is 0.216. The van der Waals surface area contributed by atoms with Crippen molar-refractivity contribution in [2.24, 2.45) is 0 Å². The first-order valence-electron chi connectivity index (χ1n) is 7.58. The molecule has 2 amide bonds. The predicted octanol–water partition coefficient (Wildman–Crippen LogP) is 6.29. The van der Waals surface area contributed by atoms with E-state index < -0.39 is 17.8 Å². The van der Waals surface area contributed by atoms with Crippen molar-refractivity contribution >= 4 is 46.7 Å². The molecule has 0 spiro atoms. The number of urea groups is 1. The molecular weight excluding hydrogens is 408 g/mol. The highest BCUT2D eigenvalue weighted by molar-refractivity contribution is 7.99. The molecule has 1 aliphatic rings. The largest absolute Gasteiger partial charge is 0.416 e. The standard InChI is InChI=1S/C17H13Cl2F3N2OS/c18-12-2-1-3-13(19)14(12)23-16(25)24-8-9-26-15(24)10-4-6-11(7-5-10)17(20,21)22/h1-7,15H,8-9H2,(H,23,25). The van der Waals surface area contributed by atoms with Crippen molar-refractivity contribution in [3.63, 3.8) is 0 Å². The van der Waals surface area contributed by atoms with Gasteiger partial charge in [0.25, 0.3) is 0 Å². The highest BCUT2D eigenvalue weighted by Gasteiger charge is 2.33. The Hall–Kier alpha value is -1.57. The van der Waals surface area contributed by atoms with Gasteiger partial charge in [0.05, 0.1) is 21.3 Å². The minimum absolute atomic E-state index is 0.309. The van der Waals surface area contributed by atoms with E-state index in [2.05, 4.69) is 5.32 Å². The Balaban J connectivity index is 1.78. The van der Waals surface area contributed by atoms with Gasteiger partial charge in [-0.15, -0.1) is 11.8 Å². The van der Waals surface area contributed by atoms with Crippen LogP contribution in [0.25, 0.3) is 0 Å². The number of nitrogens with one attached hydrogen (secondary N) is 1. The average molecular weight is 421 g/mol. The normalized spacial score (nSPS) is 17.4. The van der Waals surface area contributed by atoms with Crippen LogP contribution in [0.4, 0.5) is 23.7 Å². The van der Waals surface area contributed by atoms with Gasteiger partial charge in [0, 0.05) is 12.3 Å². The molecule has 2 aromatic rings. The van der Waals surface area contributed by atoms with E-state index in [-0.39, 0.29) is 5.37 Å². The van der Waals surface area contributed by atoms with E-state index in [9.17, 15) is 18.0 Å². The summed E-state index contributed by atoms with van der Waals surface area (Å²) in [6.07, 6.45) is -4.39. The summed E-state index contributed by atoms with van der Waals surface area (Å²) in [6.45, 7) is 0.463. The van der Waals surface area contributed by atoms with Crippen LogP contribution in [-0.4, -0.2) is 23.2 Å². The molecule has 1 fully saturated rings.